The Morgan fingerprint density at radius 1 is 1.19 bits per heavy atom. The first kappa shape index (κ1) is 18.9. The number of benzene rings is 1. The van der Waals surface area contributed by atoms with Crippen molar-refractivity contribution in [2.24, 2.45) is 10.9 Å². The van der Waals surface area contributed by atoms with Crippen LogP contribution < -0.4 is 16.0 Å². The molecule has 1 aromatic heterocycles. The average molecular weight is 365 g/mol. The van der Waals surface area contributed by atoms with Crippen molar-refractivity contribution in [1.82, 2.24) is 15.6 Å². The number of pyridine rings is 1. The number of hydrogen-bond donors (Lipinski definition) is 3. The summed E-state index contributed by atoms with van der Waals surface area (Å²) in [5, 5.41) is 9.62. The molecule has 1 aliphatic carbocycles. The van der Waals surface area contributed by atoms with Gasteiger partial charge in [0.2, 0.25) is 5.91 Å². The molecule has 6 heteroatoms. The smallest absolute Gasteiger partial charge is 0.227 e. The molecule has 3 N–H and O–H groups in total. The van der Waals surface area contributed by atoms with Crippen LogP contribution in [0.25, 0.3) is 0 Å². The van der Waals surface area contributed by atoms with Crippen molar-refractivity contribution in [2.45, 2.75) is 32.2 Å². The third kappa shape index (κ3) is 5.81. The Bertz CT molecular complexity index is 771. The number of amides is 1. The van der Waals surface area contributed by atoms with Crippen LogP contribution in [0.4, 0.5) is 5.69 Å². The number of aliphatic imine (C=N–C) groups is 1. The molecule has 1 amide bonds. The lowest BCUT2D eigenvalue weighted by Gasteiger charge is -2.24. The highest BCUT2D eigenvalue weighted by molar-refractivity contribution is 5.93. The van der Waals surface area contributed by atoms with Gasteiger partial charge in [0.05, 0.1) is 0 Å². The summed E-state index contributed by atoms with van der Waals surface area (Å²) in [4.78, 5) is 20.7. The normalized spacial score (nSPS) is 14.3. The van der Waals surface area contributed by atoms with Crippen LogP contribution in [0.5, 0.6) is 0 Å². The first-order valence-corrected chi connectivity index (χ1v) is 9.49. The van der Waals surface area contributed by atoms with Crippen LogP contribution in [0, 0.1) is 5.92 Å². The molecule has 1 saturated carbocycles. The highest BCUT2D eigenvalue weighted by atomic mass is 16.1. The van der Waals surface area contributed by atoms with Gasteiger partial charge in [-0.15, -0.1) is 0 Å². The van der Waals surface area contributed by atoms with Crippen LogP contribution in [0.3, 0.4) is 0 Å². The molecule has 6 nitrogen and oxygen atoms in total. The number of hydrogen-bond acceptors (Lipinski definition) is 3. The molecule has 142 valence electrons. The molecule has 2 aromatic rings. The Balaban J connectivity index is 1.45. The Morgan fingerprint density at radius 2 is 2.07 bits per heavy atom. The second kappa shape index (κ2) is 9.71. The largest absolute Gasteiger partial charge is 0.356 e. The summed E-state index contributed by atoms with van der Waals surface area (Å²) >= 11 is 0. The van der Waals surface area contributed by atoms with Crippen molar-refractivity contribution >= 4 is 17.6 Å². The fourth-order valence-corrected chi connectivity index (χ4v) is 2.94. The molecule has 1 aliphatic rings. The van der Waals surface area contributed by atoms with Gasteiger partial charge in [0.1, 0.15) is 0 Å². The van der Waals surface area contributed by atoms with Crippen LogP contribution in [-0.2, 0) is 17.8 Å². The molecule has 0 bridgehead atoms. The number of carbonyl (C=O) groups is 1. The molecule has 1 heterocycles. The van der Waals surface area contributed by atoms with Crippen LogP contribution in [0.15, 0.2) is 53.7 Å². The van der Waals surface area contributed by atoms with Crippen molar-refractivity contribution in [2.75, 3.05) is 18.9 Å². The van der Waals surface area contributed by atoms with Gasteiger partial charge in [-0.1, -0.05) is 24.6 Å². The Morgan fingerprint density at radius 3 is 2.78 bits per heavy atom. The van der Waals surface area contributed by atoms with Gasteiger partial charge in [0, 0.05) is 50.1 Å². The number of anilines is 1. The minimum absolute atomic E-state index is 0.137. The number of aromatic nitrogens is 1. The predicted molar refractivity (Wildman–Crippen MR) is 109 cm³/mol. The minimum atomic E-state index is 0.137. The number of nitrogens with one attached hydrogen (secondary N) is 3. The van der Waals surface area contributed by atoms with E-state index >= 15 is 0 Å². The maximum atomic E-state index is 12.1. The van der Waals surface area contributed by atoms with E-state index in [-0.39, 0.29) is 11.8 Å². The Labute approximate surface area is 160 Å². The van der Waals surface area contributed by atoms with Gasteiger partial charge in [-0.05, 0) is 42.7 Å². The van der Waals surface area contributed by atoms with Gasteiger partial charge in [0.25, 0.3) is 0 Å². The van der Waals surface area contributed by atoms with Crippen LogP contribution >= 0.6 is 0 Å². The summed E-state index contributed by atoms with van der Waals surface area (Å²) in [5.74, 6) is 1.07. The van der Waals surface area contributed by atoms with E-state index in [1.54, 1.807) is 13.2 Å². The summed E-state index contributed by atoms with van der Waals surface area (Å²) in [6.07, 6.45) is 5.82. The first-order chi connectivity index (χ1) is 13.2. The molecule has 0 aliphatic heterocycles. The topological polar surface area (TPSA) is 78.4 Å². The Hall–Kier alpha value is -2.89. The maximum absolute atomic E-state index is 12.1. The third-order valence-electron chi connectivity index (χ3n) is 4.75. The second-order valence-corrected chi connectivity index (χ2v) is 6.74. The molecule has 1 aromatic carbocycles. The number of rotatable bonds is 7. The van der Waals surface area contributed by atoms with E-state index in [9.17, 15) is 4.79 Å². The molecule has 1 fully saturated rings. The standard InChI is InChI=1S/C21H27N5O/c1-22-21(24-13-11-18-9-2-3-12-23-18)25-15-16-6-4-10-19(14-16)26-20(27)17-7-5-8-17/h2-4,6,9-10,12,14,17H,5,7-8,11,13,15H2,1H3,(H,26,27)(H2,22,24,25). The fraction of sp³-hybridized carbons (Fsp3) is 0.381. The maximum Gasteiger partial charge on any atom is 0.227 e. The van der Waals surface area contributed by atoms with E-state index < -0.39 is 0 Å². The lowest BCUT2D eigenvalue weighted by atomic mass is 9.85. The van der Waals surface area contributed by atoms with Gasteiger partial charge >= 0.3 is 0 Å². The van der Waals surface area contributed by atoms with E-state index in [1.807, 2.05) is 42.5 Å². The van der Waals surface area contributed by atoms with Crippen LogP contribution in [0.1, 0.15) is 30.5 Å². The fourth-order valence-electron chi connectivity index (χ4n) is 2.94. The summed E-state index contributed by atoms with van der Waals surface area (Å²) in [5.41, 5.74) is 2.99. The van der Waals surface area contributed by atoms with Gasteiger partial charge in [0.15, 0.2) is 5.96 Å². The molecule has 3 rings (SSSR count). The highest BCUT2D eigenvalue weighted by Gasteiger charge is 2.25. The lowest BCUT2D eigenvalue weighted by molar-refractivity contribution is -0.122. The molecule has 0 spiro atoms. The molecule has 27 heavy (non-hydrogen) atoms. The molecule has 0 saturated heterocycles. The van der Waals surface area contributed by atoms with Crippen molar-refractivity contribution < 1.29 is 4.79 Å². The van der Waals surface area contributed by atoms with Crippen molar-refractivity contribution in [3.63, 3.8) is 0 Å². The average Bonchev–Trinajstić information content (AvgIpc) is 2.64. The molecular formula is C21H27N5O. The zero-order valence-corrected chi connectivity index (χ0v) is 15.7. The van der Waals surface area contributed by atoms with Crippen LogP contribution in [0.2, 0.25) is 0 Å². The Kier molecular flexibility index (Phi) is 6.79. The van der Waals surface area contributed by atoms with Gasteiger partial charge in [-0.3, -0.25) is 14.8 Å². The number of nitrogens with zero attached hydrogens (tertiary/aromatic N) is 2. The van der Waals surface area contributed by atoms with E-state index in [0.29, 0.717) is 6.54 Å². The molecule has 0 atom stereocenters. The van der Waals surface area contributed by atoms with E-state index in [1.165, 1.54) is 0 Å². The van der Waals surface area contributed by atoms with E-state index in [0.717, 1.165) is 55.1 Å². The van der Waals surface area contributed by atoms with E-state index in [2.05, 4.69) is 25.9 Å². The number of carbonyl (C=O) groups excluding carboxylic acids is 1. The van der Waals surface area contributed by atoms with Crippen molar-refractivity contribution in [3.8, 4) is 0 Å². The van der Waals surface area contributed by atoms with Gasteiger partial charge < -0.3 is 16.0 Å². The zero-order valence-electron chi connectivity index (χ0n) is 15.7. The lowest BCUT2D eigenvalue weighted by Crippen LogP contribution is -2.37. The van der Waals surface area contributed by atoms with Crippen molar-refractivity contribution in [1.29, 1.82) is 0 Å². The van der Waals surface area contributed by atoms with Gasteiger partial charge in [-0.2, -0.15) is 0 Å². The molecule has 0 unspecified atom stereocenters. The van der Waals surface area contributed by atoms with Crippen LogP contribution in [-0.4, -0.2) is 30.4 Å². The summed E-state index contributed by atoms with van der Waals surface area (Å²) in [6, 6.07) is 13.9. The summed E-state index contributed by atoms with van der Waals surface area (Å²) in [6.45, 7) is 1.39. The molecular weight excluding hydrogens is 338 g/mol. The SMILES string of the molecule is CN=C(NCCc1ccccn1)NCc1cccc(NC(=O)C2CCC2)c1. The predicted octanol–water partition coefficient (Wildman–Crippen LogP) is 2.73. The first-order valence-electron chi connectivity index (χ1n) is 9.49. The quantitative estimate of drug-likeness (QED) is 0.521. The highest BCUT2D eigenvalue weighted by Crippen LogP contribution is 2.27. The number of guanidine groups is 1. The zero-order chi connectivity index (χ0) is 18.9. The van der Waals surface area contributed by atoms with Crippen molar-refractivity contribution in [3.05, 3.63) is 59.9 Å². The van der Waals surface area contributed by atoms with Gasteiger partial charge in [-0.25, -0.2) is 0 Å². The molecule has 0 radical (unpaired) electrons. The monoisotopic (exact) mass is 365 g/mol. The summed E-state index contributed by atoms with van der Waals surface area (Å²) in [7, 11) is 1.76. The third-order valence-corrected chi connectivity index (χ3v) is 4.75. The second-order valence-electron chi connectivity index (χ2n) is 6.74. The summed E-state index contributed by atoms with van der Waals surface area (Å²) < 4.78 is 0. The minimum Gasteiger partial charge on any atom is -0.356 e. The van der Waals surface area contributed by atoms with E-state index in [4.69, 9.17) is 0 Å².